The molecule has 0 radical (unpaired) electrons. The summed E-state index contributed by atoms with van der Waals surface area (Å²) in [5.41, 5.74) is 4.97. The highest BCUT2D eigenvalue weighted by molar-refractivity contribution is 5.97. The first-order valence-electron chi connectivity index (χ1n) is 12.1. The Morgan fingerprint density at radius 2 is 1.94 bits per heavy atom. The van der Waals surface area contributed by atoms with Crippen molar-refractivity contribution >= 4 is 28.6 Å². The third-order valence-electron chi connectivity index (χ3n) is 6.70. The molecule has 3 N–H and O–H groups in total. The number of carbonyl (C=O) groups is 1. The molecule has 1 heterocycles. The predicted octanol–water partition coefficient (Wildman–Crippen LogP) is 5.45. The number of hydrogen-bond acceptors (Lipinski definition) is 4. The smallest absolute Gasteiger partial charge is 0.251 e. The number of aryl methyl sites for hydroxylation is 1. The van der Waals surface area contributed by atoms with Crippen molar-refractivity contribution in [1.82, 2.24) is 14.9 Å². The molecule has 2 atom stereocenters. The molecular weight excluding hydrogens is 412 g/mol. The van der Waals surface area contributed by atoms with Crippen LogP contribution in [-0.2, 0) is 6.42 Å². The summed E-state index contributed by atoms with van der Waals surface area (Å²) < 4.78 is 2.34. The van der Waals surface area contributed by atoms with Gasteiger partial charge in [0.25, 0.3) is 5.91 Å². The van der Waals surface area contributed by atoms with E-state index >= 15 is 0 Å². The Hall–Kier alpha value is -2.86. The fraction of sp³-hybridized carbons (Fsp3) is 0.481. The SMILES string of the molecule is CCc1ccc(Nc2nc3cc(C(=O)NCCO)ccc3n2C2CC(C)CC(C)(C)C2)cc1. The summed E-state index contributed by atoms with van der Waals surface area (Å²) in [5, 5.41) is 15.3. The summed E-state index contributed by atoms with van der Waals surface area (Å²) in [7, 11) is 0. The van der Waals surface area contributed by atoms with Gasteiger partial charge in [-0.1, -0.05) is 39.8 Å². The molecule has 0 aliphatic heterocycles. The second kappa shape index (κ2) is 9.56. The van der Waals surface area contributed by atoms with Crippen molar-refractivity contribution in [3.63, 3.8) is 0 Å². The van der Waals surface area contributed by atoms with E-state index in [-0.39, 0.29) is 24.5 Å². The van der Waals surface area contributed by atoms with E-state index in [1.807, 2.05) is 18.2 Å². The largest absolute Gasteiger partial charge is 0.395 e. The van der Waals surface area contributed by atoms with Gasteiger partial charge in [-0.3, -0.25) is 4.79 Å². The molecule has 2 aromatic carbocycles. The van der Waals surface area contributed by atoms with Crippen LogP contribution in [0.3, 0.4) is 0 Å². The number of aromatic nitrogens is 2. The van der Waals surface area contributed by atoms with E-state index in [1.54, 1.807) is 0 Å². The second-order valence-electron chi connectivity index (χ2n) is 10.2. The lowest BCUT2D eigenvalue weighted by Crippen LogP contribution is -2.29. The maximum absolute atomic E-state index is 12.4. The zero-order chi connectivity index (χ0) is 23.6. The molecule has 1 amide bonds. The Morgan fingerprint density at radius 1 is 1.18 bits per heavy atom. The topological polar surface area (TPSA) is 79.2 Å². The quantitative estimate of drug-likeness (QED) is 0.449. The number of fused-ring (bicyclic) bond motifs is 1. The van der Waals surface area contributed by atoms with Gasteiger partial charge < -0.3 is 20.3 Å². The molecule has 0 saturated heterocycles. The minimum absolute atomic E-state index is 0.0802. The van der Waals surface area contributed by atoms with E-state index in [1.165, 1.54) is 12.0 Å². The van der Waals surface area contributed by atoms with E-state index in [0.29, 0.717) is 17.5 Å². The molecular formula is C27H36N4O2. The Bertz CT molecular complexity index is 1120. The molecule has 1 saturated carbocycles. The van der Waals surface area contributed by atoms with Crippen LogP contribution in [0, 0.1) is 11.3 Å². The highest BCUT2D eigenvalue weighted by Crippen LogP contribution is 2.46. The Labute approximate surface area is 196 Å². The highest BCUT2D eigenvalue weighted by atomic mass is 16.3. The molecule has 176 valence electrons. The average molecular weight is 449 g/mol. The third kappa shape index (κ3) is 5.22. The lowest BCUT2D eigenvalue weighted by Gasteiger charge is -2.40. The van der Waals surface area contributed by atoms with Crippen LogP contribution in [0.5, 0.6) is 0 Å². The molecule has 1 aliphatic rings. The molecule has 2 unspecified atom stereocenters. The minimum Gasteiger partial charge on any atom is -0.395 e. The van der Waals surface area contributed by atoms with Crippen molar-refractivity contribution in [3.8, 4) is 0 Å². The number of hydrogen-bond donors (Lipinski definition) is 3. The monoisotopic (exact) mass is 448 g/mol. The zero-order valence-corrected chi connectivity index (χ0v) is 20.2. The molecule has 4 rings (SSSR count). The number of imidazole rings is 1. The van der Waals surface area contributed by atoms with Crippen LogP contribution in [0.4, 0.5) is 11.6 Å². The van der Waals surface area contributed by atoms with Crippen LogP contribution in [-0.4, -0.2) is 33.7 Å². The number of anilines is 2. The van der Waals surface area contributed by atoms with Gasteiger partial charge in [-0.05, 0) is 72.9 Å². The van der Waals surface area contributed by atoms with Gasteiger partial charge in [0.05, 0.1) is 17.6 Å². The average Bonchev–Trinajstić information content (AvgIpc) is 3.13. The van der Waals surface area contributed by atoms with Gasteiger partial charge in [-0.25, -0.2) is 4.98 Å². The van der Waals surface area contributed by atoms with Gasteiger partial charge in [0, 0.05) is 23.8 Å². The van der Waals surface area contributed by atoms with Gasteiger partial charge in [0.2, 0.25) is 5.95 Å². The van der Waals surface area contributed by atoms with Crippen molar-refractivity contribution in [1.29, 1.82) is 0 Å². The van der Waals surface area contributed by atoms with Crippen LogP contribution in [0.25, 0.3) is 11.0 Å². The summed E-state index contributed by atoms with van der Waals surface area (Å²) >= 11 is 0. The minimum atomic E-state index is -0.197. The normalized spacial score (nSPS) is 20.0. The van der Waals surface area contributed by atoms with Crippen LogP contribution < -0.4 is 10.6 Å². The summed E-state index contributed by atoms with van der Waals surface area (Å²) in [6, 6.07) is 14.5. The lowest BCUT2D eigenvalue weighted by atomic mass is 9.70. The molecule has 3 aromatic rings. The fourth-order valence-electron chi connectivity index (χ4n) is 5.41. The van der Waals surface area contributed by atoms with Gasteiger partial charge in [-0.2, -0.15) is 0 Å². The summed E-state index contributed by atoms with van der Waals surface area (Å²) in [4.78, 5) is 17.4. The van der Waals surface area contributed by atoms with E-state index in [0.717, 1.165) is 41.9 Å². The lowest BCUT2D eigenvalue weighted by molar-refractivity contribution is 0.0945. The van der Waals surface area contributed by atoms with E-state index in [4.69, 9.17) is 10.1 Å². The van der Waals surface area contributed by atoms with Crippen molar-refractivity contribution in [3.05, 3.63) is 53.6 Å². The van der Waals surface area contributed by atoms with Gasteiger partial charge in [0.15, 0.2) is 0 Å². The van der Waals surface area contributed by atoms with E-state index < -0.39 is 0 Å². The van der Waals surface area contributed by atoms with Gasteiger partial charge in [-0.15, -0.1) is 0 Å². The number of nitrogens with one attached hydrogen (secondary N) is 2. The molecule has 6 heteroatoms. The fourth-order valence-corrected chi connectivity index (χ4v) is 5.41. The van der Waals surface area contributed by atoms with Crippen LogP contribution in [0.15, 0.2) is 42.5 Å². The molecule has 1 aromatic heterocycles. The third-order valence-corrected chi connectivity index (χ3v) is 6.70. The van der Waals surface area contributed by atoms with E-state index in [2.05, 4.69) is 67.2 Å². The molecule has 1 fully saturated rings. The number of aliphatic hydroxyl groups excluding tert-OH is 1. The van der Waals surface area contributed by atoms with Crippen molar-refractivity contribution in [2.45, 2.75) is 59.4 Å². The van der Waals surface area contributed by atoms with E-state index in [9.17, 15) is 4.79 Å². The van der Waals surface area contributed by atoms with Gasteiger partial charge >= 0.3 is 0 Å². The van der Waals surface area contributed by atoms with Crippen molar-refractivity contribution in [2.24, 2.45) is 11.3 Å². The maximum atomic E-state index is 12.4. The molecule has 0 spiro atoms. The number of amides is 1. The summed E-state index contributed by atoms with van der Waals surface area (Å²) in [6.45, 7) is 9.36. The Balaban J connectivity index is 1.75. The number of carbonyl (C=O) groups excluding carboxylic acids is 1. The summed E-state index contributed by atoms with van der Waals surface area (Å²) in [5.74, 6) is 1.26. The first kappa shape index (κ1) is 23.3. The van der Waals surface area contributed by atoms with Crippen LogP contribution in [0.2, 0.25) is 0 Å². The van der Waals surface area contributed by atoms with Crippen molar-refractivity contribution < 1.29 is 9.90 Å². The maximum Gasteiger partial charge on any atom is 0.251 e. The number of benzene rings is 2. The van der Waals surface area contributed by atoms with Crippen LogP contribution in [0.1, 0.15) is 68.9 Å². The standard InChI is InChI=1S/C27H36N4O2/c1-5-19-6-9-21(10-7-19)29-26-30-23-15-20(25(33)28-12-13-32)8-11-24(23)31(26)22-14-18(2)16-27(3,4)17-22/h6-11,15,18,22,32H,5,12-14,16-17H2,1-4H3,(H,28,33)(H,29,30). The Morgan fingerprint density at radius 3 is 2.61 bits per heavy atom. The molecule has 6 nitrogen and oxygen atoms in total. The highest BCUT2D eigenvalue weighted by Gasteiger charge is 2.34. The first-order valence-corrected chi connectivity index (χ1v) is 12.1. The van der Waals surface area contributed by atoms with Crippen LogP contribution >= 0.6 is 0 Å². The van der Waals surface area contributed by atoms with Gasteiger partial charge in [0.1, 0.15) is 0 Å². The molecule has 33 heavy (non-hydrogen) atoms. The molecule has 0 bridgehead atoms. The second-order valence-corrected chi connectivity index (χ2v) is 10.2. The number of rotatable bonds is 7. The zero-order valence-electron chi connectivity index (χ0n) is 20.2. The molecule has 1 aliphatic carbocycles. The number of aliphatic hydroxyl groups is 1. The first-order chi connectivity index (χ1) is 15.8. The Kier molecular flexibility index (Phi) is 6.75. The van der Waals surface area contributed by atoms with Crippen molar-refractivity contribution in [2.75, 3.05) is 18.5 Å². The summed E-state index contributed by atoms with van der Waals surface area (Å²) in [6.07, 6.45) is 4.43. The number of nitrogens with zero attached hydrogens (tertiary/aromatic N) is 2. The predicted molar refractivity (Wildman–Crippen MR) is 134 cm³/mol.